The molecule has 0 bridgehead atoms. The summed E-state index contributed by atoms with van der Waals surface area (Å²) in [5.41, 5.74) is 0.447. The van der Waals surface area contributed by atoms with Crippen molar-refractivity contribution in [3.05, 3.63) is 24.3 Å². The van der Waals surface area contributed by atoms with E-state index in [-0.39, 0.29) is 0 Å². The van der Waals surface area contributed by atoms with Gasteiger partial charge in [0.2, 0.25) is 0 Å². The van der Waals surface area contributed by atoms with Gasteiger partial charge in [-0.1, -0.05) is 18.3 Å². The van der Waals surface area contributed by atoms with E-state index in [4.69, 9.17) is 22.4 Å². The highest BCUT2D eigenvalue weighted by atomic mass is 32.1. The summed E-state index contributed by atoms with van der Waals surface area (Å²) < 4.78 is 0. The lowest BCUT2D eigenvalue weighted by atomic mass is 10.1. The number of allylic oxidation sites excluding steroid dienone is 2. The molecule has 0 spiro atoms. The summed E-state index contributed by atoms with van der Waals surface area (Å²) in [5, 5.41) is 16.9. The molecule has 0 aliphatic carbocycles. The molecule has 0 amide bonds. The summed E-state index contributed by atoms with van der Waals surface area (Å²) >= 11 is 4.90. The van der Waals surface area contributed by atoms with Gasteiger partial charge >= 0.3 is 0 Å². The van der Waals surface area contributed by atoms with E-state index in [1.165, 1.54) is 0 Å². The molecule has 3 nitrogen and oxygen atoms in total. The first-order valence-electron chi connectivity index (χ1n) is 3.06. The minimum absolute atomic E-state index is 0.447. The van der Waals surface area contributed by atoms with Gasteiger partial charge in [0.15, 0.2) is 0 Å². The van der Waals surface area contributed by atoms with Crippen molar-refractivity contribution in [2.24, 2.45) is 4.99 Å². The lowest BCUT2D eigenvalue weighted by Crippen LogP contribution is -2.10. The molecule has 0 atom stereocenters. The number of thiocarbonyl (C=S) groups is 1. The minimum atomic E-state index is -0.763. The zero-order chi connectivity index (χ0) is 8.27. The minimum Gasteiger partial charge on any atom is -0.481 e. The van der Waals surface area contributed by atoms with Crippen molar-refractivity contribution in [1.82, 2.24) is 0 Å². The van der Waals surface area contributed by atoms with Crippen molar-refractivity contribution in [2.45, 2.75) is 6.42 Å². The Hall–Kier alpha value is -1.16. The van der Waals surface area contributed by atoms with Crippen LogP contribution in [-0.2, 0) is 0 Å². The van der Waals surface area contributed by atoms with Crippen LogP contribution in [0, 0.1) is 0 Å². The van der Waals surface area contributed by atoms with Gasteiger partial charge in [-0.05, 0) is 0 Å². The van der Waals surface area contributed by atoms with Crippen molar-refractivity contribution >= 4 is 22.8 Å². The number of hydrogen-bond acceptors (Lipinski definition) is 4. The normalized spacial score (nSPS) is 16.0. The van der Waals surface area contributed by atoms with Gasteiger partial charge in [0.1, 0.15) is 0 Å². The van der Waals surface area contributed by atoms with Gasteiger partial charge in [0.25, 0.3) is 5.95 Å². The topological polar surface area (TPSA) is 52.8 Å². The Labute approximate surface area is 69.4 Å². The zero-order valence-electron chi connectivity index (χ0n) is 5.69. The van der Waals surface area contributed by atoms with Gasteiger partial charge in [-0.15, -0.1) is 0 Å². The first kappa shape index (κ1) is 7.94. The summed E-state index contributed by atoms with van der Waals surface area (Å²) in [5.74, 6) is -0.763. The van der Waals surface area contributed by atoms with Crippen molar-refractivity contribution in [1.29, 1.82) is 0 Å². The van der Waals surface area contributed by atoms with Crippen LogP contribution in [0.1, 0.15) is 6.42 Å². The van der Waals surface area contributed by atoms with Crippen LogP contribution in [-0.4, -0.2) is 20.8 Å². The molecule has 11 heavy (non-hydrogen) atoms. The van der Waals surface area contributed by atoms with Crippen LogP contribution in [0.4, 0.5) is 0 Å². The molecular weight excluding hydrogens is 162 g/mol. The number of aliphatic hydroxyl groups excluding tert-OH is 1. The molecule has 0 unspecified atom stereocenters. The quantitative estimate of drug-likeness (QED) is 0.463. The number of hydrogen-bond donors (Lipinski definition) is 2. The molecule has 0 aromatic heterocycles. The molecule has 4 heteroatoms. The van der Waals surface area contributed by atoms with Crippen LogP contribution in [0.15, 0.2) is 29.3 Å². The fourth-order valence-electron chi connectivity index (χ4n) is 0.709. The van der Waals surface area contributed by atoms with Gasteiger partial charge in [0, 0.05) is 23.6 Å². The predicted molar refractivity (Wildman–Crippen MR) is 47.1 cm³/mol. The van der Waals surface area contributed by atoms with E-state index in [1.54, 1.807) is 6.20 Å². The van der Waals surface area contributed by atoms with Crippen LogP contribution >= 0.6 is 12.2 Å². The van der Waals surface area contributed by atoms with Crippen LogP contribution in [0.5, 0.6) is 0 Å². The molecule has 58 valence electrons. The molecule has 0 radical (unpaired) electrons. The smallest absolute Gasteiger partial charge is 0.276 e. The molecule has 0 saturated carbocycles. The third-order valence-corrected chi connectivity index (χ3v) is 1.55. The molecule has 1 rings (SSSR count). The second-order valence-electron chi connectivity index (χ2n) is 2.03. The third-order valence-electron chi connectivity index (χ3n) is 1.17. The monoisotopic (exact) mass is 169 g/mol. The molecule has 1 aliphatic heterocycles. The number of aliphatic imine (C=N–C) groups is 1. The third kappa shape index (κ3) is 2.16. The van der Waals surface area contributed by atoms with E-state index < -0.39 is 5.95 Å². The van der Waals surface area contributed by atoms with Crippen LogP contribution in [0.25, 0.3) is 0 Å². The van der Waals surface area contributed by atoms with Gasteiger partial charge < -0.3 is 10.2 Å². The Kier molecular flexibility index (Phi) is 2.38. The van der Waals surface area contributed by atoms with Crippen molar-refractivity contribution in [2.75, 3.05) is 0 Å². The lowest BCUT2D eigenvalue weighted by Gasteiger charge is -2.03. The fourth-order valence-corrected chi connectivity index (χ4v) is 0.917. The Morgan fingerprint density at radius 2 is 2.36 bits per heavy atom. The lowest BCUT2D eigenvalue weighted by molar-refractivity contribution is 0.192. The summed E-state index contributed by atoms with van der Waals surface area (Å²) in [6.45, 7) is 0. The second kappa shape index (κ2) is 3.30. The van der Waals surface area contributed by atoms with Crippen LogP contribution < -0.4 is 0 Å². The SMILES string of the molecule is OC(O)=CC1=NC=CCC1=S. The number of nitrogens with zero attached hydrogens (tertiary/aromatic N) is 1. The van der Waals surface area contributed by atoms with E-state index >= 15 is 0 Å². The van der Waals surface area contributed by atoms with E-state index in [2.05, 4.69) is 4.99 Å². The summed E-state index contributed by atoms with van der Waals surface area (Å²) in [6.07, 6.45) is 5.17. The van der Waals surface area contributed by atoms with E-state index in [0.717, 1.165) is 6.08 Å². The first-order chi connectivity index (χ1) is 5.20. The fraction of sp³-hybridized carbons (Fsp3) is 0.143. The van der Waals surface area contributed by atoms with E-state index in [9.17, 15) is 0 Å². The molecule has 1 aliphatic rings. The Balaban J connectivity index is 2.85. The molecule has 0 saturated heterocycles. The molecule has 0 aromatic rings. The summed E-state index contributed by atoms with van der Waals surface area (Å²) in [7, 11) is 0. The van der Waals surface area contributed by atoms with Gasteiger partial charge in [-0.3, -0.25) is 4.99 Å². The van der Waals surface area contributed by atoms with Crippen molar-refractivity contribution < 1.29 is 10.2 Å². The maximum Gasteiger partial charge on any atom is 0.276 e. The molecule has 0 aromatic carbocycles. The largest absolute Gasteiger partial charge is 0.481 e. The maximum absolute atomic E-state index is 8.47. The number of rotatable bonds is 1. The molecule has 1 heterocycles. The van der Waals surface area contributed by atoms with E-state index in [1.807, 2.05) is 6.08 Å². The van der Waals surface area contributed by atoms with Gasteiger partial charge in [-0.25, -0.2) is 0 Å². The highest BCUT2D eigenvalue weighted by Crippen LogP contribution is 2.02. The van der Waals surface area contributed by atoms with Crippen molar-refractivity contribution in [3.8, 4) is 0 Å². The molecule has 0 fully saturated rings. The highest BCUT2D eigenvalue weighted by Gasteiger charge is 2.05. The average Bonchev–Trinajstić information content (AvgIpc) is 1.93. The highest BCUT2D eigenvalue weighted by molar-refractivity contribution is 7.82. The molecule has 2 N–H and O–H groups in total. The first-order valence-corrected chi connectivity index (χ1v) is 3.46. The van der Waals surface area contributed by atoms with Crippen LogP contribution in [0.2, 0.25) is 0 Å². The van der Waals surface area contributed by atoms with Crippen LogP contribution in [0.3, 0.4) is 0 Å². The van der Waals surface area contributed by atoms with Gasteiger partial charge in [0.05, 0.1) is 5.71 Å². The summed E-state index contributed by atoms with van der Waals surface area (Å²) in [6, 6.07) is 0. The Bertz CT molecular complexity index is 262. The predicted octanol–water partition coefficient (Wildman–Crippen LogP) is 1.67. The Morgan fingerprint density at radius 1 is 1.64 bits per heavy atom. The standard InChI is InChI=1S/C7H7NO2S/c9-7(10)4-5-6(11)2-1-3-8-5/h1,3-4,9-10H,2H2. The van der Waals surface area contributed by atoms with Gasteiger partial charge in [-0.2, -0.15) is 0 Å². The van der Waals surface area contributed by atoms with E-state index in [0.29, 0.717) is 17.0 Å². The second-order valence-corrected chi connectivity index (χ2v) is 2.52. The zero-order valence-corrected chi connectivity index (χ0v) is 6.51. The average molecular weight is 169 g/mol. The molecular formula is C7H7NO2S. The van der Waals surface area contributed by atoms with Crippen molar-refractivity contribution in [3.63, 3.8) is 0 Å². The maximum atomic E-state index is 8.47. The number of aliphatic hydroxyl groups is 2. The Morgan fingerprint density at radius 3 is 2.91 bits per heavy atom. The summed E-state index contributed by atoms with van der Waals surface area (Å²) in [4.78, 5) is 4.47.